The standard InChI is InChI=1S/C12H11N/c1-3-7-12(9-10(12)5-1)11-6-2-4-8-13-11/h1-8,10H,9H2. The molecule has 2 aliphatic rings. The molecule has 0 aromatic carbocycles. The Balaban J connectivity index is 2.04. The van der Waals surface area contributed by atoms with Crippen molar-refractivity contribution in [3.8, 4) is 0 Å². The topological polar surface area (TPSA) is 12.9 Å². The molecule has 1 heteroatoms. The van der Waals surface area contributed by atoms with Gasteiger partial charge in [0.1, 0.15) is 0 Å². The summed E-state index contributed by atoms with van der Waals surface area (Å²) in [5, 5.41) is 0. The van der Waals surface area contributed by atoms with Gasteiger partial charge in [0.25, 0.3) is 0 Å². The van der Waals surface area contributed by atoms with Crippen molar-refractivity contribution < 1.29 is 0 Å². The van der Waals surface area contributed by atoms with E-state index in [-0.39, 0.29) is 5.41 Å². The molecule has 2 unspecified atom stereocenters. The smallest absolute Gasteiger partial charge is 0.0509 e. The third-order valence-corrected chi connectivity index (χ3v) is 3.05. The van der Waals surface area contributed by atoms with Crippen LogP contribution in [0, 0.1) is 5.92 Å². The molecule has 2 atom stereocenters. The lowest BCUT2D eigenvalue weighted by atomic mass is 9.95. The molecule has 3 rings (SSSR count). The molecular weight excluding hydrogens is 158 g/mol. The molecule has 1 aromatic rings. The SMILES string of the molecule is C1=CC2CC2(c2ccccn2)C=C1. The van der Waals surface area contributed by atoms with Gasteiger partial charge in [-0.05, 0) is 24.5 Å². The predicted molar refractivity (Wildman–Crippen MR) is 52.3 cm³/mol. The normalized spacial score (nSPS) is 34.3. The minimum absolute atomic E-state index is 0.260. The molecule has 13 heavy (non-hydrogen) atoms. The first-order valence-corrected chi connectivity index (χ1v) is 4.69. The Bertz CT molecular complexity index is 377. The summed E-state index contributed by atoms with van der Waals surface area (Å²) in [4.78, 5) is 4.43. The van der Waals surface area contributed by atoms with E-state index in [0.717, 1.165) is 0 Å². The van der Waals surface area contributed by atoms with Gasteiger partial charge in [0.2, 0.25) is 0 Å². The number of pyridine rings is 1. The summed E-state index contributed by atoms with van der Waals surface area (Å²) in [6, 6.07) is 6.17. The molecule has 0 spiro atoms. The molecule has 0 radical (unpaired) electrons. The van der Waals surface area contributed by atoms with Crippen molar-refractivity contribution in [1.82, 2.24) is 4.98 Å². The molecule has 0 aliphatic heterocycles. The summed E-state index contributed by atoms with van der Waals surface area (Å²) >= 11 is 0. The van der Waals surface area contributed by atoms with Gasteiger partial charge < -0.3 is 0 Å². The first-order valence-electron chi connectivity index (χ1n) is 4.69. The quantitative estimate of drug-likeness (QED) is 0.629. The van der Waals surface area contributed by atoms with E-state index in [2.05, 4.69) is 41.4 Å². The van der Waals surface area contributed by atoms with Crippen molar-refractivity contribution in [3.05, 3.63) is 54.4 Å². The summed E-state index contributed by atoms with van der Waals surface area (Å²) in [7, 11) is 0. The summed E-state index contributed by atoms with van der Waals surface area (Å²) in [5.41, 5.74) is 1.48. The van der Waals surface area contributed by atoms with Crippen LogP contribution in [0.4, 0.5) is 0 Å². The monoisotopic (exact) mass is 169 g/mol. The van der Waals surface area contributed by atoms with Crippen molar-refractivity contribution in [1.29, 1.82) is 0 Å². The fourth-order valence-corrected chi connectivity index (χ4v) is 2.18. The number of fused-ring (bicyclic) bond motifs is 1. The Kier molecular flexibility index (Phi) is 1.26. The van der Waals surface area contributed by atoms with Gasteiger partial charge in [-0.2, -0.15) is 0 Å². The summed E-state index contributed by atoms with van der Waals surface area (Å²) < 4.78 is 0. The van der Waals surface area contributed by atoms with Gasteiger partial charge in [0, 0.05) is 11.6 Å². The van der Waals surface area contributed by atoms with Gasteiger partial charge in [-0.15, -0.1) is 0 Å². The second-order valence-corrected chi connectivity index (χ2v) is 3.81. The zero-order valence-corrected chi connectivity index (χ0v) is 7.35. The second-order valence-electron chi connectivity index (χ2n) is 3.81. The summed E-state index contributed by atoms with van der Waals surface area (Å²) in [5.74, 6) is 0.701. The van der Waals surface area contributed by atoms with E-state index in [0.29, 0.717) is 5.92 Å². The van der Waals surface area contributed by atoms with Crippen LogP contribution in [0.25, 0.3) is 0 Å². The Hall–Kier alpha value is -1.37. The van der Waals surface area contributed by atoms with Crippen LogP contribution in [0.2, 0.25) is 0 Å². The van der Waals surface area contributed by atoms with Crippen LogP contribution in [0.5, 0.6) is 0 Å². The third kappa shape index (κ3) is 0.902. The van der Waals surface area contributed by atoms with Crippen LogP contribution in [0.3, 0.4) is 0 Å². The zero-order valence-electron chi connectivity index (χ0n) is 7.35. The van der Waals surface area contributed by atoms with E-state index in [1.54, 1.807) is 0 Å². The maximum absolute atomic E-state index is 4.43. The molecule has 64 valence electrons. The lowest BCUT2D eigenvalue weighted by molar-refractivity contribution is 0.779. The van der Waals surface area contributed by atoms with E-state index < -0.39 is 0 Å². The molecule has 1 nitrogen and oxygen atoms in total. The molecule has 0 N–H and O–H groups in total. The number of rotatable bonds is 1. The van der Waals surface area contributed by atoms with Gasteiger partial charge in [-0.25, -0.2) is 0 Å². The molecule has 1 saturated carbocycles. The van der Waals surface area contributed by atoms with E-state index in [1.165, 1.54) is 12.1 Å². The van der Waals surface area contributed by atoms with Crippen LogP contribution in [-0.4, -0.2) is 4.98 Å². The minimum Gasteiger partial charge on any atom is -0.260 e. The molecule has 0 saturated heterocycles. The average molecular weight is 169 g/mol. The van der Waals surface area contributed by atoms with E-state index in [1.807, 2.05) is 12.3 Å². The molecule has 2 aliphatic carbocycles. The minimum atomic E-state index is 0.260. The maximum atomic E-state index is 4.43. The van der Waals surface area contributed by atoms with Crippen molar-refractivity contribution in [3.63, 3.8) is 0 Å². The Morgan fingerprint density at radius 1 is 1.31 bits per heavy atom. The van der Waals surface area contributed by atoms with E-state index in [9.17, 15) is 0 Å². The lowest BCUT2D eigenvalue weighted by Crippen LogP contribution is -2.09. The first kappa shape index (κ1) is 7.07. The summed E-state index contributed by atoms with van der Waals surface area (Å²) in [6.45, 7) is 0. The van der Waals surface area contributed by atoms with Crippen LogP contribution < -0.4 is 0 Å². The third-order valence-electron chi connectivity index (χ3n) is 3.05. The average Bonchev–Trinajstić information content (AvgIpc) is 2.94. The maximum Gasteiger partial charge on any atom is 0.0509 e. The van der Waals surface area contributed by atoms with Crippen molar-refractivity contribution in [2.24, 2.45) is 5.92 Å². The van der Waals surface area contributed by atoms with Gasteiger partial charge in [0.15, 0.2) is 0 Å². The Morgan fingerprint density at radius 2 is 2.31 bits per heavy atom. The zero-order chi connectivity index (χ0) is 8.73. The van der Waals surface area contributed by atoms with Gasteiger partial charge in [0.05, 0.1) is 5.69 Å². The van der Waals surface area contributed by atoms with Gasteiger partial charge >= 0.3 is 0 Å². The van der Waals surface area contributed by atoms with E-state index in [4.69, 9.17) is 0 Å². The van der Waals surface area contributed by atoms with Gasteiger partial charge in [-0.3, -0.25) is 4.98 Å². The first-order chi connectivity index (χ1) is 6.42. The lowest BCUT2D eigenvalue weighted by Gasteiger charge is -2.12. The molecule has 0 amide bonds. The molecular formula is C12H11N. The molecule has 0 bridgehead atoms. The number of hydrogen-bond donors (Lipinski definition) is 0. The summed E-state index contributed by atoms with van der Waals surface area (Å²) in [6.07, 6.45) is 12.0. The number of nitrogens with zero attached hydrogens (tertiary/aromatic N) is 1. The number of hydrogen-bond acceptors (Lipinski definition) is 1. The van der Waals surface area contributed by atoms with Crippen molar-refractivity contribution >= 4 is 0 Å². The highest BCUT2D eigenvalue weighted by molar-refractivity contribution is 5.42. The number of allylic oxidation sites excluding steroid dienone is 4. The van der Waals surface area contributed by atoms with E-state index >= 15 is 0 Å². The second kappa shape index (κ2) is 2.32. The fraction of sp³-hybridized carbons (Fsp3) is 0.250. The molecule has 1 heterocycles. The fourth-order valence-electron chi connectivity index (χ4n) is 2.18. The van der Waals surface area contributed by atoms with Gasteiger partial charge in [-0.1, -0.05) is 30.4 Å². The Morgan fingerprint density at radius 3 is 3.08 bits per heavy atom. The van der Waals surface area contributed by atoms with Crippen LogP contribution in [0.15, 0.2) is 48.7 Å². The molecule has 1 aromatic heterocycles. The van der Waals surface area contributed by atoms with Crippen LogP contribution >= 0.6 is 0 Å². The van der Waals surface area contributed by atoms with Crippen molar-refractivity contribution in [2.45, 2.75) is 11.8 Å². The van der Waals surface area contributed by atoms with Crippen LogP contribution in [-0.2, 0) is 5.41 Å². The highest BCUT2D eigenvalue weighted by Crippen LogP contribution is 2.56. The van der Waals surface area contributed by atoms with Crippen LogP contribution in [0.1, 0.15) is 12.1 Å². The Labute approximate surface area is 77.8 Å². The molecule has 1 fully saturated rings. The highest BCUT2D eigenvalue weighted by atomic mass is 14.7. The highest BCUT2D eigenvalue weighted by Gasteiger charge is 2.53. The number of aromatic nitrogens is 1. The predicted octanol–water partition coefficient (Wildman–Crippen LogP) is 2.47. The van der Waals surface area contributed by atoms with Crippen molar-refractivity contribution in [2.75, 3.05) is 0 Å². The largest absolute Gasteiger partial charge is 0.260 e.